The predicted molar refractivity (Wildman–Crippen MR) is 92.4 cm³/mol. The normalized spacial score (nSPS) is 31.3. The van der Waals surface area contributed by atoms with E-state index in [0.29, 0.717) is 12.5 Å². The van der Waals surface area contributed by atoms with Gasteiger partial charge in [-0.2, -0.15) is 0 Å². The Balaban J connectivity index is 1.93. The van der Waals surface area contributed by atoms with Gasteiger partial charge in [0.15, 0.2) is 0 Å². The zero-order valence-corrected chi connectivity index (χ0v) is 14.0. The van der Waals surface area contributed by atoms with Gasteiger partial charge in [-0.1, -0.05) is 13.8 Å². The SMILES string of the molecule is CC1C(CN)=C(c2cc3cc(F)ccc3s2)C2(C)CCC1C2. The molecule has 3 unspecified atom stereocenters. The molecule has 3 atom stereocenters. The summed E-state index contributed by atoms with van der Waals surface area (Å²) in [4.78, 5) is 1.30. The van der Waals surface area contributed by atoms with Crippen LogP contribution < -0.4 is 5.73 Å². The average Bonchev–Trinajstić information content (AvgIpc) is 3.05. The van der Waals surface area contributed by atoms with Crippen molar-refractivity contribution < 1.29 is 4.39 Å². The molecule has 1 aromatic heterocycles. The van der Waals surface area contributed by atoms with Crippen LogP contribution in [0.4, 0.5) is 4.39 Å². The van der Waals surface area contributed by atoms with E-state index in [1.807, 2.05) is 6.07 Å². The summed E-state index contributed by atoms with van der Waals surface area (Å²) in [6, 6.07) is 7.26. The number of hydrogen-bond donors (Lipinski definition) is 1. The number of allylic oxidation sites excluding steroid dienone is 1. The molecular weight excluding hydrogens is 293 g/mol. The van der Waals surface area contributed by atoms with Crippen LogP contribution in [0.1, 0.15) is 38.0 Å². The van der Waals surface area contributed by atoms with Gasteiger partial charge in [0.25, 0.3) is 0 Å². The first-order valence-corrected chi connectivity index (χ1v) is 8.96. The summed E-state index contributed by atoms with van der Waals surface area (Å²) in [5.74, 6) is 1.21. The summed E-state index contributed by atoms with van der Waals surface area (Å²) < 4.78 is 14.7. The molecule has 2 N–H and O–H groups in total. The number of hydrogen-bond acceptors (Lipinski definition) is 2. The van der Waals surface area contributed by atoms with Crippen LogP contribution in [0.15, 0.2) is 29.8 Å². The zero-order chi connectivity index (χ0) is 15.5. The van der Waals surface area contributed by atoms with E-state index in [4.69, 9.17) is 5.73 Å². The summed E-state index contributed by atoms with van der Waals surface area (Å²) in [6.45, 7) is 5.38. The van der Waals surface area contributed by atoms with Crippen molar-refractivity contribution in [1.82, 2.24) is 0 Å². The Hall–Kier alpha value is -1.19. The highest BCUT2D eigenvalue weighted by atomic mass is 32.1. The van der Waals surface area contributed by atoms with Crippen molar-refractivity contribution in [3.63, 3.8) is 0 Å². The molecule has 0 radical (unpaired) electrons. The molecule has 1 nitrogen and oxygen atoms in total. The van der Waals surface area contributed by atoms with Gasteiger partial charge in [0.1, 0.15) is 5.82 Å². The van der Waals surface area contributed by atoms with E-state index in [0.717, 1.165) is 16.0 Å². The Morgan fingerprint density at radius 2 is 2.18 bits per heavy atom. The third kappa shape index (κ3) is 1.99. The molecule has 2 aliphatic rings. The monoisotopic (exact) mass is 315 g/mol. The molecule has 1 aromatic carbocycles. The van der Waals surface area contributed by atoms with Crippen molar-refractivity contribution in [2.75, 3.05) is 6.54 Å². The fourth-order valence-electron chi connectivity index (χ4n) is 4.72. The molecule has 2 aromatic rings. The number of nitrogens with two attached hydrogens (primary N) is 1. The van der Waals surface area contributed by atoms with E-state index in [-0.39, 0.29) is 11.2 Å². The lowest BCUT2D eigenvalue weighted by Gasteiger charge is -2.38. The quantitative estimate of drug-likeness (QED) is 0.809. The summed E-state index contributed by atoms with van der Waals surface area (Å²) in [5, 5.41) is 1.01. The molecule has 1 saturated carbocycles. The molecule has 1 fully saturated rings. The lowest BCUT2D eigenvalue weighted by atomic mass is 9.68. The summed E-state index contributed by atoms with van der Waals surface area (Å²) >= 11 is 1.79. The Labute approximate surface area is 135 Å². The topological polar surface area (TPSA) is 26.0 Å². The molecule has 4 rings (SSSR count). The Morgan fingerprint density at radius 3 is 2.95 bits per heavy atom. The smallest absolute Gasteiger partial charge is 0.123 e. The standard InChI is InChI=1S/C19H22FNS/c1-11-12-5-6-19(2,9-12)18(15(11)10-21)17-8-13-7-14(20)3-4-16(13)22-17/h3-4,7-8,11-12H,5-6,9-10,21H2,1-2H3. The maximum absolute atomic E-state index is 13.5. The maximum Gasteiger partial charge on any atom is 0.123 e. The van der Waals surface area contributed by atoms with Crippen molar-refractivity contribution in [3.8, 4) is 0 Å². The molecule has 0 spiro atoms. The first-order chi connectivity index (χ1) is 10.5. The third-order valence-corrected chi connectivity index (χ3v) is 7.04. The highest BCUT2D eigenvalue weighted by Crippen LogP contribution is 2.60. The summed E-state index contributed by atoms with van der Waals surface area (Å²) in [6.07, 6.45) is 3.84. The van der Waals surface area contributed by atoms with Crippen molar-refractivity contribution >= 4 is 27.0 Å². The van der Waals surface area contributed by atoms with Gasteiger partial charge >= 0.3 is 0 Å². The van der Waals surface area contributed by atoms with Crippen LogP contribution in [0.3, 0.4) is 0 Å². The fraction of sp³-hybridized carbons (Fsp3) is 0.474. The zero-order valence-electron chi connectivity index (χ0n) is 13.2. The van der Waals surface area contributed by atoms with Gasteiger partial charge in [0.2, 0.25) is 0 Å². The third-order valence-electron chi connectivity index (χ3n) is 5.91. The highest BCUT2D eigenvalue weighted by Gasteiger charge is 2.47. The molecule has 0 saturated heterocycles. The van der Waals surface area contributed by atoms with E-state index in [1.165, 1.54) is 35.3 Å². The van der Waals surface area contributed by atoms with Gasteiger partial charge in [0, 0.05) is 16.1 Å². The van der Waals surface area contributed by atoms with Crippen molar-refractivity contribution in [1.29, 1.82) is 0 Å². The first-order valence-electron chi connectivity index (χ1n) is 8.15. The second-order valence-corrected chi connectivity index (χ2v) is 8.33. The largest absolute Gasteiger partial charge is 0.327 e. The van der Waals surface area contributed by atoms with E-state index < -0.39 is 0 Å². The van der Waals surface area contributed by atoms with E-state index >= 15 is 0 Å². The number of fused-ring (bicyclic) bond motifs is 3. The molecule has 116 valence electrons. The van der Waals surface area contributed by atoms with Gasteiger partial charge in [-0.15, -0.1) is 11.3 Å². The van der Waals surface area contributed by atoms with Gasteiger partial charge in [0.05, 0.1) is 0 Å². The highest BCUT2D eigenvalue weighted by molar-refractivity contribution is 7.20. The van der Waals surface area contributed by atoms with Crippen LogP contribution in [0, 0.1) is 23.1 Å². The number of thiophene rings is 1. The van der Waals surface area contributed by atoms with Crippen molar-refractivity contribution in [2.24, 2.45) is 23.0 Å². The molecule has 1 heterocycles. The summed E-state index contributed by atoms with van der Waals surface area (Å²) in [5.41, 5.74) is 9.30. The van der Waals surface area contributed by atoms with Crippen LogP contribution in [-0.2, 0) is 0 Å². The van der Waals surface area contributed by atoms with E-state index in [9.17, 15) is 4.39 Å². The molecule has 0 aliphatic heterocycles. The Kier molecular flexibility index (Phi) is 3.21. The Morgan fingerprint density at radius 1 is 1.36 bits per heavy atom. The lowest BCUT2D eigenvalue weighted by molar-refractivity contribution is 0.342. The van der Waals surface area contributed by atoms with Crippen LogP contribution in [0.2, 0.25) is 0 Å². The second kappa shape index (κ2) is 4.90. The maximum atomic E-state index is 13.5. The molecular formula is C19H22FNS. The van der Waals surface area contributed by atoms with Crippen molar-refractivity contribution in [3.05, 3.63) is 40.5 Å². The van der Waals surface area contributed by atoms with Crippen molar-refractivity contribution in [2.45, 2.75) is 33.1 Å². The van der Waals surface area contributed by atoms with Gasteiger partial charge in [-0.25, -0.2) is 4.39 Å². The number of benzene rings is 1. The van der Waals surface area contributed by atoms with Gasteiger partial charge in [-0.05, 0) is 77.3 Å². The molecule has 2 aliphatic carbocycles. The number of halogens is 1. The minimum absolute atomic E-state index is 0.158. The van der Waals surface area contributed by atoms with E-state index in [2.05, 4.69) is 19.9 Å². The second-order valence-electron chi connectivity index (χ2n) is 7.25. The minimum Gasteiger partial charge on any atom is -0.327 e. The van der Waals surface area contributed by atoms with Crippen LogP contribution in [0.5, 0.6) is 0 Å². The minimum atomic E-state index is -0.158. The Bertz CT molecular complexity index is 775. The predicted octanol–water partition coefficient (Wildman–Crippen LogP) is 5.21. The van der Waals surface area contributed by atoms with Gasteiger partial charge in [-0.3, -0.25) is 0 Å². The molecule has 3 heteroatoms. The lowest BCUT2D eigenvalue weighted by Crippen LogP contribution is -2.28. The van der Waals surface area contributed by atoms with E-state index in [1.54, 1.807) is 23.5 Å². The molecule has 2 bridgehead atoms. The first kappa shape index (κ1) is 14.4. The van der Waals surface area contributed by atoms with Crippen LogP contribution in [-0.4, -0.2) is 6.54 Å². The number of rotatable bonds is 2. The molecule has 0 amide bonds. The summed E-state index contributed by atoms with van der Waals surface area (Å²) in [7, 11) is 0. The van der Waals surface area contributed by atoms with Gasteiger partial charge < -0.3 is 5.73 Å². The average molecular weight is 315 g/mol. The van der Waals surface area contributed by atoms with Crippen LogP contribution in [0.25, 0.3) is 15.7 Å². The fourth-order valence-corrected chi connectivity index (χ4v) is 6.00. The van der Waals surface area contributed by atoms with Crippen LogP contribution >= 0.6 is 11.3 Å². The molecule has 22 heavy (non-hydrogen) atoms.